The van der Waals surface area contributed by atoms with Gasteiger partial charge >= 0.3 is 0 Å². The van der Waals surface area contributed by atoms with Gasteiger partial charge in [0.2, 0.25) is 0 Å². The summed E-state index contributed by atoms with van der Waals surface area (Å²) < 4.78 is 0. The molecule has 0 unspecified atom stereocenters. The molecule has 2 heterocycles. The van der Waals surface area contributed by atoms with Crippen LogP contribution in [-0.2, 0) is 5.41 Å². The van der Waals surface area contributed by atoms with Gasteiger partial charge in [-0.05, 0) is 26.0 Å². The zero-order chi connectivity index (χ0) is 9.64. The second kappa shape index (κ2) is 2.34. The van der Waals surface area contributed by atoms with Crippen molar-refractivity contribution in [1.29, 1.82) is 0 Å². The second-order valence-electron chi connectivity index (χ2n) is 4.00. The number of hydrogen-bond acceptors (Lipinski definition) is 2. The summed E-state index contributed by atoms with van der Waals surface area (Å²) in [6.07, 6.45) is 1.84. The molecule has 0 atom stereocenters. The Morgan fingerprint density at radius 1 is 1.46 bits per heavy atom. The van der Waals surface area contributed by atoms with Gasteiger partial charge in [-0.15, -0.1) is 0 Å². The molecule has 0 bridgehead atoms. The molecule has 68 valence electrons. The molecule has 0 saturated carbocycles. The van der Waals surface area contributed by atoms with Crippen LogP contribution in [-0.4, -0.2) is 12.0 Å². The summed E-state index contributed by atoms with van der Waals surface area (Å²) in [6, 6.07) is 4.05. The maximum atomic E-state index is 4.41. The fourth-order valence-corrected chi connectivity index (χ4v) is 1.85. The molecule has 0 N–H and O–H groups in total. The van der Waals surface area contributed by atoms with Gasteiger partial charge in [0.25, 0.3) is 0 Å². The van der Waals surface area contributed by atoms with Crippen LogP contribution in [0.2, 0.25) is 0 Å². The number of pyridine rings is 1. The maximum Gasteiger partial charge on any atom is 0.0754 e. The predicted molar refractivity (Wildman–Crippen MR) is 54.8 cm³/mol. The summed E-state index contributed by atoms with van der Waals surface area (Å²) in [5.74, 6) is 0. The molecule has 1 aromatic heterocycles. The van der Waals surface area contributed by atoms with Crippen molar-refractivity contribution in [2.45, 2.75) is 19.3 Å². The molecular formula is C11H14N2. The number of hydrogen-bond donors (Lipinski definition) is 0. The summed E-state index contributed by atoms with van der Waals surface area (Å²) in [6.45, 7) is 8.40. The van der Waals surface area contributed by atoms with E-state index in [9.17, 15) is 0 Å². The highest BCUT2D eigenvalue weighted by molar-refractivity contribution is 5.66. The van der Waals surface area contributed by atoms with Crippen LogP contribution < -0.4 is 4.90 Å². The van der Waals surface area contributed by atoms with Crippen molar-refractivity contribution in [3.8, 4) is 0 Å². The zero-order valence-electron chi connectivity index (χ0n) is 8.33. The van der Waals surface area contributed by atoms with Crippen LogP contribution in [0, 0.1) is 0 Å². The molecular weight excluding hydrogens is 160 g/mol. The molecule has 1 aliphatic rings. The number of nitrogens with zero attached hydrogens (tertiary/aromatic N) is 2. The average molecular weight is 174 g/mol. The lowest BCUT2D eigenvalue weighted by Gasteiger charge is -2.21. The van der Waals surface area contributed by atoms with E-state index >= 15 is 0 Å². The monoisotopic (exact) mass is 174 g/mol. The van der Waals surface area contributed by atoms with E-state index in [1.807, 2.05) is 19.3 Å². The molecule has 0 aromatic carbocycles. The first-order chi connectivity index (χ1) is 6.05. The van der Waals surface area contributed by atoms with E-state index in [1.54, 1.807) is 0 Å². The van der Waals surface area contributed by atoms with E-state index in [4.69, 9.17) is 0 Å². The van der Waals surface area contributed by atoms with Crippen molar-refractivity contribution >= 4 is 5.69 Å². The van der Waals surface area contributed by atoms with Crippen molar-refractivity contribution in [3.05, 3.63) is 36.3 Å². The lowest BCUT2D eigenvalue weighted by molar-refractivity contribution is 0.623. The van der Waals surface area contributed by atoms with Crippen LogP contribution in [0.5, 0.6) is 0 Å². The highest BCUT2D eigenvalue weighted by Crippen LogP contribution is 2.44. The Bertz CT molecular complexity index is 366. The molecule has 1 aliphatic heterocycles. The smallest absolute Gasteiger partial charge is 0.0754 e. The molecule has 0 radical (unpaired) electrons. The molecule has 2 rings (SSSR count). The van der Waals surface area contributed by atoms with Crippen molar-refractivity contribution < 1.29 is 0 Å². The molecule has 1 aromatic rings. The third-order valence-corrected chi connectivity index (χ3v) is 2.87. The third kappa shape index (κ3) is 0.916. The normalized spacial score (nSPS) is 19.0. The molecule has 0 spiro atoms. The van der Waals surface area contributed by atoms with E-state index in [0.717, 1.165) is 11.4 Å². The predicted octanol–water partition coefficient (Wildman–Crippen LogP) is 2.32. The maximum absolute atomic E-state index is 4.41. The van der Waals surface area contributed by atoms with Crippen LogP contribution in [0.15, 0.2) is 30.6 Å². The van der Waals surface area contributed by atoms with Crippen LogP contribution in [0.3, 0.4) is 0 Å². The summed E-state index contributed by atoms with van der Waals surface area (Å²) in [5.41, 5.74) is 3.40. The first-order valence-corrected chi connectivity index (χ1v) is 4.44. The van der Waals surface area contributed by atoms with E-state index in [-0.39, 0.29) is 5.41 Å². The topological polar surface area (TPSA) is 16.1 Å². The molecule has 0 aliphatic carbocycles. The van der Waals surface area contributed by atoms with Gasteiger partial charge in [-0.2, -0.15) is 0 Å². The number of anilines is 1. The first kappa shape index (κ1) is 8.30. The van der Waals surface area contributed by atoms with Gasteiger partial charge in [-0.3, -0.25) is 4.98 Å². The molecule has 0 fully saturated rings. The fraction of sp³-hybridized carbons (Fsp3) is 0.364. The van der Waals surface area contributed by atoms with E-state index < -0.39 is 0 Å². The molecule has 0 amide bonds. The summed E-state index contributed by atoms with van der Waals surface area (Å²) in [7, 11) is 2.04. The minimum absolute atomic E-state index is 0.0225. The Morgan fingerprint density at radius 3 is 2.77 bits per heavy atom. The second-order valence-corrected chi connectivity index (χ2v) is 4.00. The van der Waals surface area contributed by atoms with Crippen LogP contribution in [0.25, 0.3) is 0 Å². The quantitative estimate of drug-likeness (QED) is 0.600. The van der Waals surface area contributed by atoms with Gasteiger partial charge in [-0.1, -0.05) is 6.58 Å². The van der Waals surface area contributed by atoms with Crippen LogP contribution in [0.1, 0.15) is 19.5 Å². The van der Waals surface area contributed by atoms with Gasteiger partial charge in [-0.25, -0.2) is 0 Å². The Labute approximate surface area is 78.9 Å². The minimum Gasteiger partial charge on any atom is -0.346 e. The van der Waals surface area contributed by atoms with Crippen molar-refractivity contribution in [1.82, 2.24) is 4.98 Å². The lowest BCUT2D eigenvalue weighted by Crippen LogP contribution is -2.21. The summed E-state index contributed by atoms with van der Waals surface area (Å²) in [4.78, 5) is 6.52. The molecule has 13 heavy (non-hydrogen) atoms. The van der Waals surface area contributed by atoms with Crippen molar-refractivity contribution in [3.63, 3.8) is 0 Å². The molecule has 2 heteroatoms. The number of fused-ring (bicyclic) bond motifs is 1. The Morgan fingerprint density at radius 2 is 2.15 bits per heavy atom. The Balaban J connectivity index is 2.68. The third-order valence-electron chi connectivity index (χ3n) is 2.87. The molecule has 2 nitrogen and oxygen atoms in total. The van der Waals surface area contributed by atoms with Gasteiger partial charge in [0.05, 0.1) is 11.4 Å². The number of allylic oxidation sites excluding steroid dienone is 1. The fourth-order valence-electron chi connectivity index (χ4n) is 1.85. The summed E-state index contributed by atoms with van der Waals surface area (Å²) >= 11 is 0. The van der Waals surface area contributed by atoms with Crippen LogP contribution in [0.4, 0.5) is 5.69 Å². The van der Waals surface area contributed by atoms with Crippen LogP contribution >= 0.6 is 0 Å². The van der Waals surface area contributed by atoms with E-state index in [1.165, 1.54) is 5.69 Å². The van der Waals surface area contributed by atoms with Gasteiger partial charge < -0.3 is 4.90 Å². The van der Waals surface area contributed by atoms with Crippen molar-refractivity contribution in [2.24, 2.45) is 0 Å². The summed E-state index contributed by atoms with van der Waals surface area (Å²) in [5, 5.41) is 0. The first-order valence-electron chi connectivity index (χ1n) is 4.44. The van der Waals surface area contributed by atoms with E-state index in [0.29, 0.717) is 0 Å². The highest BCUT2D eigenvalue weighted by atomic mass is 15.2. The van der Waals surface area contributed by atoms with Gasteiger partial charge in [0.15, 0.2) is 0 Å². The van der Waals surface area contributed by atoms with Gasteiger partial charge in [0, 0.05) is 24.4 Å². The molecule has 0 saturated heterocycles. The Kier molecular flexibility index (Phi) is 1.50. The van der Waals surface area contributed by atoms with Crippen molar-refractivity contribution in [2.75, 3.05) is 11.9 Å². The number of rotatable bonds is 0. The number of aromatic nitrogens is 1. The zero-order valence-corrected chi connectivity index (χ0v) is 8.33. The standard InChI is InChI=1S/C11H14N2/c1-8-11(2,3)10-9(13(8)4)6-5-7-12-10/h5-7H,1H2,2-4H3. The lowest BCUT2D eigenvalue weighted by atomic mass is 9.88. The SMILES string of the molecule is C=C1N(C)c2cccnc2C1(C)C. The van der Waals surface area contributed by atoms with E-state index in [2.05, 4.69) is 36.4 Å². The number of likely N-dealkylation sites (N-methyl/N-ethyl adjacent to an activating group) is 1. The largest absolute Gasteiger partial charge is 0.346 e. The average Bonchev–Trinajstić information content (AvgIpc) is 2.30. The minimum atomic E-state index is -0.0225. The Hall–Kier alpha value is -1.31. The highest BCUT2D eigenvalue weighted by Gasteiger charge is 2.38. The van der Waals surface area contributed by atoms with Gasteiger partial charge in [0.1, 0.15) is 0 Å².